The van der Waals surface area contributed by atoms with Crippen LogP contribution in [-0.2, 0) is 6.42 Å². The molecule has 1 aliphatic rings. The summed E-state index contributed by atoms with van der Waals surface area (Å²) in [7, 11) is 0. The first kappa shape index (κ1) is 13.5. The highest BCUT2D eigenvalue weighted by atomic mass is 19.1. The van der Waals surface area contributed by atoms with Gasteiger partial charge in [0.15, 0.2) is 0 Å². The summed E-state index contributed by atoms with van der Waals surface area (Å²) in [6.07, 6.45) is 1.80. The van der Waals surface area contributed by atoms with Crippen molar-refractivity contribution in [2.45, 2.75) is 18.9 Å². The number of halogens is 1. The number of nitrogens with one attached hydrogen (secondary N) is 1. The van der Waals surface area contributed by atoms with E-state index in [1.54, 1.807) is 0 Å². The SMILES string of the molecule is OCC(CCc1ccc(F)cc1)N1CCNCC1. The first-order valence-electron chi connectivity index (χ1n) is 6.59. The molecule has 0 aliphatic carbocycles. The van der Waals surface area contributed by atoms with Gasteiger partial charge < -0.3 is 10.4 Å². The van der Waals surface area contributed by atoms with E-state index in [-0.39, 0.29) is 18.5 Å². The van der Waals surface area contributed by atoms with Gasteiger partial charge >= 0.3 is 0 Å². The standard InChI is InChI=1S/C14H21FN2O/c15-13-4-1-12(2-5-13)3-6-14(11-18)17-9-7-16-8-10-17/h1-2,4-5,14,16,18H,3,6-11H2. The number of hydrogen-bond donors (Lipinski definition) is 2. The van der Waals surface area contributed by atoms with Crippen molar-refractivity contribution in [1.82, 2.24) is 10.2 Å². The number of aliphatic hydroxyl groups excluding tert-OH is 1. The van der Waals surface area contributed by atoms with Crippen LogP contribution in [0.15, 0.2) is 24.3 Å². The van der Waals surface area contributed by atoms with Crippen LogP contribution in [-0.4, -0.2) is 48.8 Å². The topological polar surface area (TPSA) is 35.5 Å². The van der Waals surface area contributed by atoms with Gasteiger partial charge in [-0.25, -0.2) is 4.39 Å². The van der Waals surface area contributed by atoms with Gasteiger partial charge in [-0.1, -0.05) is 12.1 Å². The average Bonchev–Trinajstić information content (AvgIpc) is 2.43. The number of aliphatic hydroxyl groups is 1. The van der Waals surface area contributed by atoms with Crippen LogP contribution < -0.4 is 5.32 Å². The first-order valence-corrected chi connectivity index (χ1v) is 6.59. The third kappa shape index (κ3) is 3.77. The van der Waals surface area contributed by atoms with E-state index in [1.807, 2.05) is 12.1 Å². The van der Waals surface area contributed by atoms with Crippen LogP contribution in [0.3, 0.4) is 0 Å². The predicted molar refractivity (Wildman–Crippen MR) is 70.0 cm³/mol. The van der Waals surface area contributed by atoms with Crippen LogP contribution >= 0.6 is 0 Å². The third-order valence-electron chi connectivity index (χ3n) is 3.56. The molecule has 0 amide bonds. The smallest absolute Gasteiger partial charge is 0.123 e. The van der Waals surface area contributed by atoms with Crippen LogP contribution in [0.25, 0.3) is 0 Å². The lowest BCUT2D eigenvalue weighted by molar-refractivity contribution is 0.104. The fourth-order valence-corrected chi connectivity index (χ4v) is 2.42. The highest BCUT2D eigenvalue weighted by Gasteiger charge is 2.19. The Labute approximate surface area is 108 Å². The lowest BCUT2D eigenvalue weighted by atomic mass is 10.0. The number of nitrogens with zero attached hydrogens (tertiary/aromatic N) is 1. The Morgan fingerprint density at radius 1 is 1.22 bits per heavy atom. The van der Waals surface area contributed by atoms with Gasteiger partial charge in [0.25, 0.3) is 0 Å². The molecule has 100 valence electrons. The van der Waals surface area contributed by atoms with Gasteiger partial charge in [0.2, 0.25) is 0 Å². The minimum Gasteiger partial charge on any atom is -0.395 e. The van der Waals surface area contributed by atoms with Crippen molar-refractivity contribution in [3.63, 3.8) is 0 Å². The normalized spacial score (nSPS) is 18.8. The quantitative estimate of drug-likeness (QED) is 0.821. The second kappa shape index (κ2) is 6.83. The molecular formula is C14H21FN2O. The summed E-state index contributed by atoms with van der Waals surface area (Å²) in [4.78, 5) is 2.33. The van der Waals surface area contributed by atoms with Crippen molar-refractivity contribution in [2.75, 3.05) is 32.8 Å². The molecule has 1 aromatic rings. The number of aryl methyl sites for hydroxylation is 1. The Kier molecular flexibility index (Phi) is 5.11. The summed E-state index contributed by atoms with van der Waals surface area (Å²) < 4.78 is 12.8. The molecule has 2 N–H and O–H groups in total. The number of rotatable bonds is 5. The fourth-order valence-electron chi connectivity index (χ4n) is 2.42. The minimum atomic E-state index is -0.195. The highest BCUT2D eigenvalue weighted by Crippen LogP contribution is 2.11. The maximum Gasteiger partial charge on any atom is 0.123 e. The van der Waals surface area contributed by atoms with Crippen LogP contribution in [0.4, 0.5) is 4.39 Å². The summed E-state index contributed by atoms with van der Waals surface area (Å²) in [5, 5.41) is 12.8. The molecule has 3 nitrogen and oxygen atoms in total. The molecule has 0 radical (unpaired) electrons. The molecule has 1 aliphatic heterocycles. The first-order chi connectivity index (χ1) is 8.79. The molecule has 1 fully saturated rings. The Hall–Kier alpha value is -0.970. The number of benzene rings is 1. The zero-order valence-corrected chi connectivity index (χ0v) is 10.6. The van der Waals surface area contributed by atoms with Gasteiger partial charge in [-0.2, -0.15) is 0 Å². The Morgan fingerprint density at radius 2 is 1.89 bits per heavy atom. The molecule has 4 heteroatoms. The molecule has 0 saturated carbocycles. The van der Waals surface area contributed by atoms with Crippen LogP contribution in [0.5, 0.6) is 0 Å². The lowest BCUT2D eigenvalue weighted by Gasteiger charge is -2.34. The van der Waals surface area contributed by atoms with Crippen molar-refractivity contribution in [1.29, 1.82) is 0 Å². The zero-order chi connectivity index (χ0) is 12.8. The number of piperazine rings is 1. The van der Waals surface area contributed by atoms with E-state index in [0.717, 1.165) is 44.6 Å². The van der Waals surface area contributed by atoms with Crippen molar-refractivity contribution < 1.29 is 9.50 Å². The minimum absolute atomic E-state index is 0.195. The molecule has 1 atom stereocenters. The highest BCUT2D eigenvalue weighted by molar-refractivity contribution is 5.16. The molecule has 18 heavy (non-hydrogen) atoms. The number of hydrogen-bond acceptors (Lipinski definition) is 3. The van der Waals surface area contributed by atoms with E-state index < -0.39 is 0 Å². The maximum absolute atomic E-state index is 12.8. The molecule has 1 heterocycles. The molecule has 1 saturated heterocycles. The van der Waals surface area contributed by atoms with Crippen molar-refractivity contribution in [3.8, 4) is 0 Å². The Morgan fingerprint density at radius 3 is 2.50 bits per heavy atom. The van der Waals surface area contributed by atoms with Crippen LogP contribution in [0.1, 0.15) is 12.0 Å². The predicted octanol–water partition coefficient (Wildman–Crippen LogP) is 1.02. The summed E-state index contributed by atoms with van der Waals surface area (Å²) in [6, 6.07) is 6.85. The van der Waals surface area contributed by atoms with Crippen LogP contribution in [0.2, 0.25) is 0 Å². The van der Waals surface area contributed by atoms with E-state index in [0.29, 0.717) is 0 Å². The van der Waals surface area contributed by atoms with Crippen molar-refractivity contribution >= 4 is 0 Å². The van der Waals surface area contributed by atoms with E-state index >= 15 is 0 Å². The van der Waals surface area contributed by atoms with Gasteiger partial charge in [0.1, 0.15) is 5.82 Å². The summed E-state index contributed by atoms with van der Waals surface area (Å²) in [5.74, 6) is -0.195. The molecule has 0 bridgehead atoms. The maximum atomic E-state index is 12.8. The van der Waals surface area contributed by atoms with Crippen LogP contribution in [0, 0.1) is 5.82 Å². The van der Waals surface area contributed by atoms with Gasteiger partial charge in [0.05, 0.1) is 6.61 Å². The largest absolute Gasteiger partial charge is 0.395 e. The third-order valence-corrected chi connectivity index (χ3v) is 3.56. The summed E-state index contributed by atoms with van der Waals surface area (Å²) in [6.45, 7) is 4.17. The van der Waals surface area contributed by atoms with E-state index in [9.17, 15) is 9.50 Å². The van der Waals surface area contributed by atoms with E-state index in [2.05, 4.69) is 10.2 Å². The van der Waals surface area contributed by atoms with Gasteiger partial charge in [0, 0.05) is 32.2 Å². The van der Waals surface area contributed by atoms with E-state index in [1.165, 1.54) is 12.1 Å². The molecule has 1 unspecified atom stereocenters. The molecule has 0 spiro atoms. The second-order valence-corrected chi connectivity index (χ2v) is 4.79. The monoisotopic (exact) mass is 252 g/mol. The van der Waals surface area contributed by atoms with Gasteiger partial charge in [-0.15, -0.1) is 0 Å². The average molecular weight is 252 g/mol. The fraction of sp³-hybridized carbons (Fsp3) is 0.571. The Bertz CT molecular complexity index is 349. The molecular weight excluding hydrogens is 231 g/mol. The summed E-state index contributed by atoms with van der Waals surface area (Å²) >= 11 is 0. The van der Waals surface area contributed by atoms with Crippen molar-refractivity contribution in [2.24, 2.45) is 0 Å². The lowest BCUT2D eigenvalue weighted by Crippen LogP contribution is -2.49. The second-order valence-electron chi connectivity index (χ2n) is 4.79. The van der Waals surface area contributed by atoms with E-state index in [4.69, 9.17) is 0 Å². The Balaban J connectivity index is 1.84. The van der Waals surface area contributed by atoms with Crippen molar-refractivity contribution in [3.05, 3.63) is 35.6 Å². The zero-order valence-electron chi connectivity index (χ0n) is 10.6. The molecule has 0 aromatic heterocycles. The molecule has 2 rings (SSSR count). The van der Waals surface area contributed by atoms with Gasteiger partial charge in [-0.3, -0.25) is 4.90 Å². The van der Waals surface area contributed by atoms with Gasteiger partial charge in [-0.05, 0) is 30.5 Å². The molecule has 1 aromatic carbocycles. The summed E-state index contributed by atoms with van der Waals surface area (Å²) in [5.41, 5.74) is 1.13.